The summed E-state index contributed by atoms with van der Waals surface area (Å²) in [5.41, 5.74) is 0.682. The Morgan fingerprint density at radius 3 is 3.00 bits per heavy atom. The van der Waals surface area contributed by atoms with Gasteiger partial charge in [0.1, 0.15) is 0 Å². The summed E-state index contributed by atoms with van der Waals surface area (Å²) in [6, 6.07) is 3.66. The zero-order chi connectivity index (χ0) is 9.42. The second-order valence-electron chi connectivity index (χ2n) is 2.54. The van der Waals surface area contributed by atoms with Crippen molar-refractivity contribution in [3.05, 3.63) is 32.6 Å². The van der Waals surface area contributed by atoms with Crippen LogP contribution < -0.4 is 0 Å². The second kappa shape index (κ2) is 3.40. The van der Waals surface area contributed by atoms with E-state index in [0.29, 0.717) is 10.6 Å². The molecular weight excluding hydrogens is 272 g/mol. The van der Waals surface area contributed by atoms with Crippen LogP contribution in [0.2, 0.25) is 5.02 Å². The third kappa shape index (κ3) is 1.41. The molecule has 0 spiro atoms. The highest BCUT2D eigenvalue weighted by molar-refractivity contribution is 9.10. The van der Waals surface area contributed by atoms with E-state index in [1.807, 2.05) is 11.4 Å². The molecule has 13 heavy (non-hydrogen) atoms. The number of thiophene rings is 1. The Balaban J connectivity index is 2.95. The fraction of sp³-hybridized carbons (Fsp3) is 0. The van der Waals surface area contributed by atoms with Crippen LogP contribution in [0.4, 0.5) is 0 Å². The summed E-state index contributed by atoms with van der Waals surface area (Å²) in [4.78, 5) is 10.7. The van der Waals surface area contributed by atoms with Gasteiger partial charge in [-0.15, -0.1) is 11.3 Å². The van der Waals surface area contributed by atoms with Crippen molar-refractivity contribution >= 4 is 55.2 Å². The standard InChI is InChI=1S/C9H4BrClOS/c10-7-3-5(4-12)9-6(8(7)11)1-2-13-9/h1-4H. The van der Waals surface area contributed by atoms with E-state index < -0.39 is 0 Å². The van der Waals surface area contributed by atoms with Crippen molar-refractivity contribution in [3.8, 4) is 0 Å². The van der Waals surface area contributed by atoms with Gasteiger partial charge < -0.3 is 0 Å². The molecule has 0 fully saturated rings. The summed E-state index contributed by atoms with van der Waals surface area (Å²) in [5, 5.41) is 3.53. The minimum absolute atomic E-state index is 0.668. The Bertz CT molecular complexity index is 478. The fourth-order valence-corrected chi connectivity index (χ4v) is 2.80. The molecule has 0 amide bonds. The Labute approximate surface area is 92.5 Å². The molecule has 66 valence electrons. The largest absolute Gasteiger partial charge is 0.298 e. The molecule has 0 bridgehead atoms. The fourth-order valence-electron chi connectivity index (χ4n) is 1.19. The molecule has 2 rings (SSSR count). The van der Waals surface area contributed by atoms with Crippen LogP contribution in [-0.2, 0) is 0 Å². The molecule has 0 aliphatic rings. The number of carbonyl (C=O) groups excluding carboxylic acids is 1. The number of carbonyl (C=O) groups is 1. The number of fused-ring (bicyclic) bond motifs is 1. The van der Waals surface area contributed by atoms with Gasteiger partial charge in [0.25, 0.3) is 0 Å². The molecule has 0 radical (unpaired) electrons. The van der Waals surface area contributed by atoms with Crippen molar-refractivity contribution in [3.63, 3.8) is 0 Å². The Morgan fingerprint density at radius 2 is 2.31 bits per heavy atom. The SMILES string of the molecule is O=Cc1cc(Br)c(Cl)c2ccsc12. The highest BCUT2D eigenvalue weighted by Gasteiger charge is 2.09. The third-order valence-electron chi connectivity index (χ3n) is 1.78. The van der Waals surface area contributed by atoms with E-state index in [1.54, 1.807) is 6.07 Å². The van der Waals surface area contributed by atoms with Gasteiger partial charge in [-0.05, 0) is 33.4 Å². The Kier molecular flexibility index (Phi) is 2.41. The molecule has 0 N–H and O–H groups in total. The van der Waals surface area contributed by atoms with Crippen molar-refractivity contribution in [2.45, 2.75) is 0 Å². The van der Waals surface area contributed by atoms with Gasteiger partial charge in [0.05, 0.1) is 5.02 Å². The van der Waals surface area contributed by atoms with Gasteiger partial charge in [-0.2, -0.15) is 0 Å². The van der Waals surface area contributed by atoms with E-state index in [9.17, 15) is 4.79 Å². The van der Waals surface area contributed by atoms with E-state index in [4.69, 9.17) is 11.6 Å². The molecule has 0 aliphatic carbocycles. The van der Waals surface area contributed by atoms with Crippen LogP contribution in [-0.4, -0.2) is 6.29 Å². The van der Waals surface area contributed by atoms with Crippen LogP contribution in [0.25, 0.3) is 10.1 Å². The number of halogens is 2. The molecule has 0 saturated heterocycles. The maximum atomic E-state index is 10.7. The molecule has 4 heteroatoms. The van der Waals surface area contributed by atoms with Crippen molar-refractivity contribution in [1.82, 2.24) is 0 Å². The normalized spacial score (nSPS) is 10.6. The first-order valence-electron chi connectivity index (χ1n) is 3.54. The maximum Gasteiger partial charge on any atom is 0.151 e. The molecule has 1 aromatic heterocycles. The number of rotatable bonds is 1. The van der Waals surface area contributed by atoms with E-state index in [0.717, 1.165) is 20.8 Å². The van der Waals surface area contributed by atoms with Crippen molar-refractivity contribution in [1.29, 1.82) is 0 Å². The van der Waals surface area contributed by atoms with Gasteiger partial charge in [0.2, 0.25) is 0 Å². The molecule has 0 atom stereocenters. The van der Waals surface area contributed by atoms with Crippen LogP contribution in [0.5, 0.6) is 0 Å². The summed E-state index contributed by atoms with van der Waals surface area (Å²) in [5.74, 6) is 0. The molecule has 1 aromatic carbocycles. The van der Waals surface area contributed by atoms with Gasteiger partial charge in [-0.3, -0.25) is 4.79 Å². The van der Waals surface area contributed by atoms with E-state index >= 15 is 0 Å². The Hall–Kier alpha value is -0.380. The van der Waals surface area contributed by atoms with Gasteiger partial charge >= 0.3 is 0 Å². The highest BCUT2D eigenvalue weighted by atomic mass is 79.9. The summed E-state index contributed by atoms with van der Waals surface area (Å²) in [7, 11) is 0. The van der Waals surface area contributed by atoms with Crippen LogP contribution >= 0.6 is 38.9 Å². The number of aldehydes is 1. The lowest BCUT2D eigenvalue weighted by atomic mass is 10.2. The van der Waals surface area contributed by atoms with Crippen LogP contribution in [0.15, 0.2) is 22.0 Å². The first-order valence-corrected chi connectivity index (χ1v) is 5.59. The van der Waals surface area contributed by atoms with Crippen molar-refractivity contribution in [2.75, 3.05) is 0 Å². The first-order chi connectivity index (χ1) is 6.24. The van der Waals surface area contributed by atoms with Crippen LogP contribution in [0, 0.1) is 0 Å². The van der Waals surface area contributed by atoms with E-state index in [-0.39, 0.29) is 0 Å². The van der Waals surface area contributed by atoms with Gasteiger partial charge in [-0.25, -0.2) is 0 Å². The predicted octanol–water partition coefficient (Wildman–Crippen LogP) is 4.13. The number of hydrogen-bond acceptors (Lipinski definition) is 2. The summed E-state index contributed by atoms with van der Waals surface area (Å²) in [6.07, 6.45) is 0.847. The minimum Gasteiger partial charge on any atom is -0.298 e. The summed E-state index contributed by atoms with van der Waals surface area (Å²) < 4.78 is 1.71. The monoisotopic (exact) mass is 274 g/mol. The summed E-state index contributed by atoms with van der Waals surface area (Å²) in [6.45, 7) is 0. The molecule has 1 heterocycles. The highest BCUT2D eigenvalue weighted by Crippen LogP contribution is 2.35. The Morgan fingerprint density at radius 1 is 1.54 bits per heavy atom. The third-order valence-corrected chi connectivity index (χ3v) is 4.01. The summed E-state index contributed by atoms with van der Waals surface area (Å²) >= 11 is 10.9. The van der Waals surface area contributed by atoms with Crippen LogP contribution in [0.3, 0.4) is 0 Å². The molecular formula is C9H4BrClOS. The van der Waals surface area contributed by atoms with Crippen molar-refractivity contribution in [2.24, 2.45) is 0 Å². The van der Waals surface area contributed by atoms with Crippen LogP contribution in [0.1, 0.15) is 10.4 Å². The average molecular weight is 276 g/mol. The first kappa shape index (κ1) is 9.19. The van der Waals surface area contributed by atoms with Crippen molar-refractivity contribution < 1.29 is 4.79 Å². The maximum absolute atomic E-state index is 10.7. The van der Waals surface area contributed by atoms with E-state index in [2.05, 4.69) is 15.9 Å². The van der Waals surface area contributed by atoms with Gasteiger partial charge in [-0.1, -0.05) is 11.6 Å². The quantitative estimate of drug-likeness (QED) is 0.715. The smallest absolute Gasteiger partial charge is 0.151 e. The molecule has 0 unspecified atom stereocenters. The predicted molar refractivity (Wildman–Crippen MR) is 59.9 cm³/mol. The lowest BCUT2D eigenvalue weighted by molar-refractivity contribution is 0.112. The minimum atomic E-state index is 0.668. The average Bonchev–Trinajstić information content (AvgIpc) is 2.60. The second-order valence-corrected chi connectivity index (χ2v) is 4.69. The van der Waals surface area contributed by atoms with Gasteiger partial charge in [0.15, 0.2) is 6.29 Å². The molecule has 1 nitrogen and oxygen atoms in total. The lowest BCUT2D eigenvalue weighted by Crippen LogP contribution is -1.81. The van der Waals surface area contributed by atoms with E-state index in [1.165, 1.54) is 11.3 Å². The molecule has 0 aliphatic heterocycles. The number of benzene rings is 1. The zero-order valence-electron chi connectivity index (χ0n) is 6.38. The molecule has 2 aromatic rings. The molecule has 0 saturated carbocycles. The lowest BCUT2D eigenvalue weighted by Gasteiger charge is -2.00. The van der Waals surface area contributed by atoms with Gasteiger partial charge in [0, 0.05) is 20.1 Å². The topological polar surface area (TPSA) is 17.1 Å². The number of hydrogen-bond donors (Lipinski definition) is 0. The zero-order valence-corrected chi connectivity index (χ0v) is 9.54.